The summed E-state index contributed by atoms with van der Waals surface area (Å²) in [6, 6.07) is 11.8. The highest BCUT2D eigenvalue weighted by molar-refractivity contribution is 5.91. The summed E-state index contributed by atoms with van der Waals surface area (Å²) in [5.74, 6) is -2.06. The van der Waals surface area contributed by atoms with E-state index in [0.717, 1.165) is 0 Å². The van der Waals surface area contributed by atoms with Crippen LogP contribution in [0.2, 0.25) is 0 Å². The van der Waals surface area contributed by atoms with Gasteiger partial charge in [0.15, 0.2) is 12.2 Å². The Bertz CT molecular complexity index is 791. The van der Waals surface area contributed by atoms with Crippen molar-refractivity contribution in [2.75, 3.05) is 0 Å². The van der Waals surface area contributed by atoms with Gasteiger partial charge in [-0.3, -0.25) is 9.59 Å². The first-order valence-corrected chi connectivity index (χ1v) is 7.97. The monoisotopic (exact) mass is 386 g/mol. The van der Waals surface area contributed by atoms with Gasteiger partial charge in [0.2, 0.25) is 0 Å². The van der Waals surface area contributed by atoms with Crippen LogP contribution in [0.5, 0.6) is 11.5 Å². The summed E-state index contributed by atoms with van der Waals surface area (Å²) in [6.45, 7) is 0. The van der Waals surface area contributed by atoms with E-state index in [1.54, 1.807) is 0 Å². The fourth-order valence-corrected chi connectivity index (χ4v) is 1.88. The molecule has 6 N–H and O–H groups in total. The van der Waals surface area contributed by atoms with Crippen LogP contribution >= 0.6 is 0 Å². The first-order valence-electron chi connectivity index (χ1n) is 7.97. The van der Waals surface area contributed by atoms with E-state index in [0.29, 0.717) is 11.1 Å². The van der Waals surface area contributed by atoms with Crippen molar-refractivity contribution in [1.29, 1.82) is 0 Å². The van der Waals surface area contributed by atoms with Crippen LogP contribution in [0.4, 0.5) is 0 Å². The summed E-state index contributed by atoms with van der Waals surface area (Å²) in [6.07, 6.45) is -1.64. The minimum absolute atomic E-state index is 0.0683. The molecule has 0 bridgehead atoms. The summed E-state index contributed by atoms with van der Waals surface area (Å²) in [5, 5.41) is 44.9. The van der Waals surface area contributed by atoms with Crippen LogP contribution in [0.3, 0.4) is 0 Å². The standard InChI is InChI=1S/C18H18N4O6/c23-13-5-1-11(2-6-13)9-19-21-17(27)15(25)16(26)18(28)22-20-10-12-3-7-14(24)8-4-12/h1-10,15-16,23-26H,(H,21,27)(H,22,28)/b19-9-,20-10-/t15-,16+. The molecule has 2 rings (SSSR count). The molecule has 10 nitrogen and oxygen atoms in total. The molecule has 2 atom stereocenters. The van der Waals surface area contributed by atoms with Crippen LogP contribution in [-0.4, -0.2) is 56.9 Å². The zero-order valence-electron chi connectivity index (χ0n) is 14.4. The number of aliphatic hydroxyl groups excluding tert-OH is 2. The van der Waals surface area contributed by atoms with Gasteiger partial charge in [0, 0.05) is 0 Å². The Morgan fingerprint density at radius 3 is 1.36 bits per heavy atom. The van der Waals surface area contributed by atoms with E-state index in [-0.39, 0.29) is 11.5 Å². The van der Waals surface area contributed by atoms with Crippen LogP contribution in [0, 0.1) is 0 Å². The molecule has 0 aromatic heterocycles. The summed E-state index contributed by atoms with van der Waals surface area (Å²) in [4.78, 5) is 23.5. The van der Waals surface area contributed by atoms with E-state index >= 15 is 0 Å². The van der Waals surface area contributed by atoms with Crippen LogP contribution in [0.25, 0.3) is 0 Å². The van der Waals surface area contributed by atoms with Crippen molar-refractivity contribution in [2.45, 2.75) is 12.2 Å². The van der Waals surface area contributed by atoms with Crippen molar-refractivity contribution in [3.63, 3.8) is 0 Å². The number of benzene rings is 2. The number of phenols is 2. The van der Waals surface area contributed by atoms with Crippen molar-refractivity contribution in [3.8, 4) is 11.5 Å². The van der Waals surface area contributed by atoms with Gasteiger partial charge in [-0.25, -0.2) is 10.9 Å². The number of nitrogens with one attached hydrogen (secondary N) is 2. The van der Waals surface area contributed by atoms with Gasteiger partial charge in [-0.1, -0.05) is 0 Å². The molecule has 0 aliphatic carbocycles. The number of rotatable bonds is 7. The Kier molecular flexibility index (Phi) is 7.20. The van der Waals surface area contributed by atoms with E-state index in [1.165, 1.54) is 61.0 Å². The fourth-order valence-electron chi connectivity index (χ4n) is 1.88. The molecule has 0 heterocycles. The van der Waals surface area contributed by atoms with E-state index in [2.05, 4.69) is 10.2 Å². The Balaban J connectivity index is 1.83. The quantitative estimate of drug-likeness (QED) is 0.275. The first-order chi connectivity index (χ1) is 13.4. The zero-order chi connectivity index (χ0) is 20.5. The third kappa shape index (κ3) is 6.20. The smallest absolute Gasteiger partial charge is 0.272 e. The number of hydrogen-bond acceptors (Lipinski definition) is 8. The minimum Gasteiger partial charge on any atom is -0.508 e. The summed E-state index contributed by atoms with van der Waals surface area (Å²) in [5.41, 5.74) is 5.10. The second-order valence-electron chi connectivity index (χ2n) is 5.54. The lowest BCUT2D eigenvalue weighted by Gasteiger charge is -2.14. The van der Waals surface area contributed by atoms with E-state index < -0.39 is 24.0 Å². The Morgan fingerprint density at radius 2 is 1.04 bits per heavy atom. The van der Waals surface area contributed by atoms with Gasteiger partial charge in [0.05, 0.1) is 12.4 Å². The van der Waals surface area contributed by atoms with Crippen LogP contribution in [0.15, 0.2) is 58.7 Å². The molecule has 0 aliphatic rings. The van der Waals surface area contributed by atoms with Gasteiger partial charge >= 0.3 is 0 Å². The zero-order valence-corrected chi connectivity index (χ0v) is 14.4. The van der Waals surface area contributed by atoms with E-state index in [9.17, 15) is 19.8 Å². The van der Waals surface area contributed by atoms with E-state index in [4.69, 9.17) is 10.2 Å². The lowest BCUT2D eigenvalue weighted by atomic mass is 10.2. The molecule has 146 valence electrons. The maximum Gasteiger partial charge on any atom is 0.272 e. The van der Waals surface area contributed by atoms with Gasteiger partial charge < -0.3 is 20.4 Å². The van der Waals surface area contributed by atoms with Gasteiger partial charge in [0.25, 0.3) is 11.8 Å². The maximum absolute atomic E-state index is 11.7. The molecule has 0 spiro atoms. The predicted octanol–water partition coefficient (Wildman–Crippen LogP) is -0.580. The number of carbonyl (C=O) groups excluding carboxylic acids is 2. The van der Waals surface area contributed by atoms with Crippen molar-refractivity contribution in [1.82, 2.24) is 10.9 Å². The van der Waals surface area contributed by atoms with Gasteiger partial charge in [-0.05, 0) is 59.7 Å². The molecule has 0 radical (unpaired) electrons. The third-order valence-corrected chi connectivity index (χ3v) is 3.40. The maximum atomic E-state index is 11.7. The highest BCUT2D eigenvalue weighted by Gasteiger charge is 2.30. The molecule has 28 heavy (non-hydrogen) atoms. The lowest BCUT2D eigenvalue weighted by molar-refractivity contribution is -0.146. The first kappa shape index (κ1) is 20.6. The largest absolute Gasteiger partial charge is 0.508 e. The van der Waals surface area contributed by atoms with Gasteiger partial charge in [0.1, 0.15) is 11.5 Å². The summed E-state index contributed by atoms with van der Waals surface area (Å²) >= 11 is 0. The number of nitrogens with zero attached hydrogens (tertiary/aromatic N) is 2. The Labute approximate surface area is 159 Å². The molecule has 0 unspecified atom stereocenters. The number of hydrogen-bond donors (Lipinski definition) is 6. The molecule has 2 aromatic rings. The number of aromatic hydroxyl groups is 2. The minimum atomic E-state index is -2.07. The van der Waals surface area contributed by atoms with Gasteiger partial charge in [-0.15, -0.1) is 0 Å². The topological polar surface area (TPSA) is 164 Å². The molecule has 2 amide bonds. The second kappa shape index (κ2) is 9.80. The molecule has 0 fully saturated rings. The average Bonchev–Trinajstić information content (AvgIpc) is 2.69. The van der Waals surface area contributed by atoms with Crippen molar-refractivity contribution in [3.05, 3.63) is 59.7 Å². The molecular weight excluding hydrogens is 368 g/mol. The summed E-state index contributed by atoms with van der Waals surface area (Å²) < 4.78 is 0. The highest BCUT2D eigenvalue weighted by Crippen LogP contribution is 2.08. The van der Waals surface area contributed by atoms with Crippen molar-refractivity contribution < 1.29 is 30.0 Å². The number of aliphatic hydroxyl groups is 2. The normalized spacial score (nSPS) is 13.4. The van der Waals surface area contributed by atoms with E-state index in [1.807, 2.05) is 10.9 Å². The number of hydrazone groups is 2. The van der Waals surface area contributed by atoms with Crippen LogP contribution in [-0.2, 0) is 9.59 Å². The van der Waals surface area contributed by atoms with Gasteiger partial charge in [-0.2, -0.15) is 10.2 Å². The molecule has 0 saturated carbocycles. The highest BCUT2D eigenvalue weighted by atomic mass is 16.3. The van der Waals surface area contributed by atoms with Crippen LogP contribution < -0.4 is 10.9 Å². The van der Waals surface area contributed by atoms with Crippen molar-refractivity contribution in [2.24, 2.45) is 10.2 Å². The molecular formula is C18H18N4O6. The number of phenolic OH excluding ortho intramolecular Hbond substituents is 2. The summed E-state index contributed by atoms with van der Waals surface area (Å²) in [7, 11) is 0. The predicted molar refractivity (Wildman–Crippen MR) is 99.7 cm³/mol. The molecule has 2 aromatic carbocycles. The molecule has 10 heteroatoms. The second-order valence-corrected chi connectivity index (χ2v) is 5.54. The average molecular weight is 386 g/mol. The van der Waals surface area contributed by atoms with Crippen molar-refractivity contribution >= 4 is 24.2 Å². The SMILES string of the molecule is O=C(N/N=C\c1ccc(O)cc1)[C@@H](O)[C@@H](O)C(=O)N/N=C\c1ccc(O)cc1. The van der Waals surface area contributed by atoms with Crippen LogP contribution in [0.1, 0.15) is 11.1 Å². The number of carbonyl (C=O) groups is 2. The Hall–Kier alpha value is -3.76. The Morgan fingerprint density at radius 1 is 0.714 bits per heavy atom. The lowest BCUT2D eigenvalue weighted by Crippen LogP contribution is -2.47. The molecule has 0 saturated heterocycles. The fraction of sp³-hybridized carbons (Fsp3) is 0.111. The third-order valence-electron chi connectivity index (χ3n) is 3.40. The number of amides is 2. The molecule has 0 aliphatic heterocycles.